The molecule has 5 heteroatoms. The fourth-order valence-electron chi connectivity index (χ4n) is 2.35. The highest BCUT2D eigenvalue weighted by Gasteiger charge is 2.43. The molecule has 0 bridgehead atoms. The molecule has 0 unspecified atom stereocenters. The zero-order valence-electron chi connectivity index (χ0n) is 9.43. The Morgan fingerprint density at radius 1 is 1.35 bits per heavy atom. The van der Waals surface area contributed by atoms with Crippen molar-refractivity contribution in [3.8, 4) is 6.07 Å². The second-order valence-electron chi connectivity index (χ2n) is 4.29. The lowest BCUT2D eigenvalue weighted by Gasteiger charge is -2.23. The molecule has 1 spiro atoms. The van der Waals surface area contributed by atoms with Crippen molar-refractivity contribution in [2.75, 3.05) is 31.2 Å². The van der Waals surface area contributed by atoms with Crippen LogP contribution in [0, 0.1) is 11.3 Å². The molecule has 0 aromatic carbocycles. The molecule has 2 aliphatic rings. The summed E-state index contributed by atoms with van der Waals surface area (Å²) < 4.78 is 11.3. The summed E-state index contributed by atoms with van der Waals surface area (Å²) in [7, 11) is 0. The van der Waals surface area contributed by atoms with Gasteiger partial charge < -0.3 is 14.4 Å². The Morgan fingerprint density at radius 3 is 2.82 bits per heavy atom. The van der Waals surface area contributed by atoms with Crippen LogP contribution < -0.4 is 4.90 Å². The third-order valence-corrected chi connectivity index (χ3v) is 3.24. The number of nitriles is 1. The molecule has 0 N–H and O–H groups in total. The minimum atomic E-state index is -0.409. The van der Waals surface area contributed by atoms with Crippen LogP contribution in [0.15, 0.2) is 18.3 Å². The van der Waals surface area contributed by atoms with E-state index in [1.807, 2.05) is 12.1 Å². The fraction of sp³-hybridized carbons (Fsp3) is 0.500. The first-order valence-electron chi connectivity index (χ1n) is 5.70. The van der Waals surface area contributed by atoms with Crippen molar-refractivity contribution in [1.82, 2.24) is 4.98 Å². The second kappa shape index (κ2) is 3.99. The Balaban J connectivity index is 1.75. The summed E-state index contributed by atoms with van der Waals surface area (Å²) in [4.78, 5) is 6.25. The topological polar surface area (TPSA) is 58.4 Å². The maximum absolute atomic E-state index is 8.70. The van der Waals surface area contributed by atoms with Crippen molar-refractivity contribution < 1.29 is 9.47 Å². The highest BCUT2D eigenvalue weighted by atomic mass is 16.7. The van der Waals surface area contributed by atoms with Crippen LogP contribution >= 0.6 is 0 Å². The minimum absolute atomic E-state index is 0.409. The predicted molar refractivity (Wildman–Crippen MR) is 60.4 cm³/mol. The van der Waals surface area contributed by atoms with E-state index >= 15 is 0 Å². The maximum atomic E-state index is 8.70. The van der Waals surface area contributed by atoms with Gasteiger partial charge in [0, 0.05) is 13.0 Å². The van der Waals surface area contributed by atoms with Gasteiger partial charge in [-0.1, -0.05) is 0 Å². The lowest BCUT2D eigenvalue weighted by atomic mass is 10.2. The molecule has 2 saturated heterocycles. The molecule has 1 aromatic rings. The van der Waals surface area contributed by atoms with Crippen LogP contribution in [-0.2, 0) is 9.47 Å². The first-order valence-corrected chi connectivity index (χ1v) is 5.70. The minimum Gasteiger partial charge on any atom is -0.365 e. The molecular formula is C12H13N3O2. The van der Waals surface area contributed by atoms with Crippen LogP contribution in [-0.4, -0.2) is 37.1 Å². The van der Waals surface area contributed by atoms with Crippen molar-refractivity contribution in [3.63, 3.8) is 0 Å². The molecule has 0 saturated carbocycles. The third kappa shape index (κ3) is 1.86. The van der Waals surface area contributed by atoms with E-state index in [4.69, 9.17) is 14.7 Å². The number of hydrogen-bond acceptors (Lipinski definition) is 5. The number of anilines is 1. The maximum Gasteiger partial charge on any atom is 0.187 e. The number of aromatic nitrogens is 1. The van der Waals surface area contributed by atoms with E-state index in [1.165, 1.54) is 0 Å². The molecular weight excluding hydrogens is 218 g/mol. The first kappa shape index (κ1) is 10.5. The van der Waals surface area contributed by atoms with Crippen LogP contribution in [0.5, 0.6) is 0 Å². The summed E-state index contributed by atoms with van der Waals surface area (Å²) in [6.07, 6.45) is 2.61. The lowest BCUT2D eigenvalue weighted by molar-refractivity contribution is -0.137. The van der Waals surface area contributed by atoms with Crippen LogP contribution in [0.1, 0.15) is 12.1 Å². The van der Waals surface area contributed by atoms with Gasteiger partial charge in [-0.05, 0) is 12.1 Å². The van der Waals surface area contributed by atoms with E-state index in [2.05, 4.69) is 9.88 Å². The molecule has 2 aliphatic heterocycles. The van der Waals surface area contributed by atoms with Gasteiger partial charge >= 0.3 is 0 Å². The fourth-order valence-corrected chi connectivity index (χ4v) is 2.35. The lowest BCUT2D eigenvalue weighted by Crippen LogP contribution is -2.34. The summed E-state index contributed by atoms with van der Waals surface area (Å²) in [5, 5.41) is 8.70. The number of rotatable bonds is 1. The number of ether oxygens (including phenoxy) is 2. The molecule has 0 amide bonds. The molecule has 3 rings (SSSR count). The van der Waals surface area contributed by atoms with E-state index in [0.29, 0.717) is 18.9 Å². The molecule has 2 fully saturated rings. The van der Waals surface area contributed by atoms with Crippen LogP contribution in [0.3, 0.4) is 0 Å². The average molecular weight is 231 g/mol. The highest BCUT2D eigenvalue weighted by molar-refractivity contribution is 5.47. The van der Waals surface area contributed by atoms with E-state index in [-0.39, 0.29) is 0 Å². The van der Waals surface area contributed by atoms with Crippen molar-refractivity contribution in [2.45, 2.75) is 12.2 Å². The van der Waals surface area contributed by atoms with Crippen molar-refractivity contribution in [2.24, 2.45) is 0 Å². The zero-order valence-corrected chi connectivity index (χ0v) is 9.43. The highest BCUT2D eigenvalue weighted by Crippen LogP contribution is 2.32. The van der Waals surface area contributed by atoms with E-state index in [1.54, 1.807) is 12.3 Å². The molecule has 1 aromatic heterocycles. The van der Waals surface area contributed by atoms with Gasteiger partial charge in [0.15, 0.2) is 5.79 Å². The SMILES string of the molecule is N#Cc1ccc(N2CCC3(C2)OCCO3)cn1. The molecule has 0 aliphatic carbocycles. The molecule has 88 valence electrons. The summed E-state index contributed by atoms with van der Waals surface area (Å²) in [6.45, 7) is 2.99. The van der Waals surface area contributed by atoms with Crippen molar-refractivity contribution >= 4 is 5.69 Å². The van der Waals surface area contributed by atoms with Gasteiger partial charge in [0.1, 0.15) is 11.8 Å². The largest absolute Gasteiger partial charge is 0.365 e. The second-order valence-corrected chi connectivity index (χ2v) is 4.29. The average Bonchev–Trinajstić information content (AvgIpc) is 3.01. The van der Waals surface area contributed by atoms with Gasteiger partial charge in [-0.3, -0.25) is 0 Å². The Hall–Kier alpha value is -1.64. The van der Waals surface area contributed by atoms with Gasteiger partial charge in [-0.25, -0.2) is 4.98 Å². The Kier molecular flexibility index (Phi) is 2.46. The van der Waals surface area contributed by atoms with E-state index in [0.717, 1.165) is 25.2 Å². The molecule has 0 atom stereocenters. The van der Waals surface area contributed by atoms with Gasteiger partial charge in [0.2, 0.25) is 0 Å². The van der Waals surface area contributed by atoms with E-state index in [9.17, 15) is 0 Å². The normalized spacial score (nSPS) is 21.9. The summed E-state index contributed by atoms with van der Waals surface area (Å²) >= 11 is 0. The standard InChI is InChI=1S/C12H13N3O2/c13-7-10-1-2-11(8-14-10)15-4-3-12(9-15)16-5-6-17-12/h1-2,8H,3-6,9H2. The summed E-state index contributed by atoms with van der Waals surface area (Å²) in [6, 6.07) is 5.66. The van der Waals surface area contributed by atoms with Gasteiger partial charge in [-0.2, -0.15) is 5.26 Å². The number of nitrogens with zero attached hydrogens (tertiary/aromatic N) is 3. The zero-order chi connectivity index (χ0) is 11.7. The Labute approximate surface area is 99.6 Å². The van der Waals surface area contributed by atoms with Crippen LogP contribution in [0.25, 0.3) is 0 Å². The molecule has 3 heterocycles. The predicted octanol–water partition coefficient (Wildman–Crippen LogP) is 0.906. The smallest absolute Gasteiger partial charge is 0.187 e. The quantitative estimate of drug-likeness (QED) is 0.719. The van der Waals surface area contributed by atoms with Gasteiger partial charge in [0.25, 0.3) is 0 Å². The first-order chi connectivity index (χ1) is 8.31. The number of pyridine rings is 1. The Morgan fingerprint density at radius 2 is 2.18 bits per heavy atom. The van der Waals surface area contributed by atoms with Gasteiger partial charge in [-0.15, -0.1) is 0 Å². The summed E-state index contributed by atoms with van der Waals surface area (Å²) in [5.74, 6) is -0.409. The van der Waals surface area contributed by atoms with Crippen molar-refractivity contribution in [3.05, 3.63) is 24.0 Å². The van der Waals surface area contributed by atoms with Crippen molar-refractivity contribution in [1.29, 1.82) is 5.26 Å². The molecule has 5 nitrogen and oxygen atoms in total. The number of hydrogen-bond donors (Lipinski definition) is 0. The Bertz CT molecular complexity index is 446. The molecule has 17 heavy (non-hydrogen) atoms. The van der Waals surface area contributed by atoms with E-state index < -0.39 is 5.79 Å². The van der Waals surface area contributed by atoms with Crippen LogP contribution in [0.4, 0.5) is 5.69 Å². The summed E-state index contributed by atoms with van der Waals surface area (Å²) in [5.41, 5.74) is 1.45. The van der Waals surface area contributed by atoms with Gasteiger partial charge in [0.05, 0.1) is 31.6 Å². The monoisotopic (exact) mass is 231 g/mol. The van der Waals surface area contributed by atoms with Crippen LogP contribution in [0.2, 0.25) is 0 Å². The third-order valence-electron chi connectivity index (χ3n) is 3.24. The molecule has 0 radical (unpaired) electrons.